The Hall–Kier alpha value is -3.23. The number of carbonyl (C=O) groups excluding carboxylic acids is 1. The average Bonchev–Trinajstić information content (AvgIpc) is 3.38. The molecule has 1 fully saturated rings. The summed E-state index contributed by atoms with van der Waals surface area (Å²) >= 11 is 0. The molecule has 2 aromatic heterocycles. The van der Waals surface area contributed by atoms with E-state index in [1.54, 1.807) is 7.11 Å². The predicted molar refractivity (Wildman–Crippen MR) is 147 cm³/mol. The second-order valence-electron chi connectivity index (χ2n) is 8.23. The summed E-state index contributed by atoms with van der Waals surface area (Å²) in [5.74, 6) is 1.51. The molecule has 15 heteroatoms. The number of morpholine rings is 1. The molecule has 2 aliphatic rings. The Morgan fingerprint density at radius 1 is 1.18 bits per heavy atom. The summed E-state index contributed by atoms with van der Waals surface area (Å²) in [5.41, 5.74) is 6.58. The molecule has 0 radical (unpaired) electrons. The van der Waals surface area contributed by atoms with Crippen LogP contribution in [0, 0.1) is 0 Å². The number of ether oxygens (including phenoxy) is 3. The fourth-order valence-electron chi connectivity index (χ4n) is 4.24. The van der Waals surface area contributed by atoms with E-state index in [1.807, 2.05) is 16.7 Å². The molecule has 5 rings (SSSR count). The third kappa shape index (κ3) is 6.60. The van der Waals surface area contributed by atoms with E-state index in [2.05, 4.69) is 25.2 Å². The van der Waals surface area contributed by atoms with E-state index in [4.69, 9.17) is 24.9 Å². The van der Waals surface area contributed by atoms with Gasteiger partial charge >= 0.3 is 0 Å². The van der Waals surface area contributed by atoms with Crippen molar-refractivity contribution in [1.82, 2.24) is 24.4 Å². The molecule has 0 saturated carbocycles. The summed E-state index contributed by atoms with van der Waals surface area (Å²) in [6.07, 6.45) is 3.58. The van der Waals surface area contributed by atoms with Crippen LogP contribution >= 0.6 is 24.8 Å². The van der Waals surface area contributed by atoms with E-state index in [0.717, 1.165) is 50.5 Å². The lowest BCUT2D eigenvalue weighted by Gasteiger charge is -2.26. The predicted octanol–water partition coefficient (Wildman–Crippen LogP) is 0.704. The van der Waals surface area contributed by atoms with Crippen LogP contribution in [0.3, 0.4) is 0 Å². The van der Waals surface area contributed by atoms with Crippen molar-refractivity contribution in [3.05, 3.63) is 35.7 Å². The highest BCUT2D eigenvalue weighted by molar-refractivity contribution is 5.96. The molecule has 0 aliphatic carbocycles. The van der Waals surface area contributed by atoms with Crippen molar-refractivity contribution >= 4 is 53.4 Å². The minimum Gasteiger partial charge on any atom is -0.491 e. The van der Waals surface area contributed by atoms with Crippen molar-refractivity contribution < 1.29 is 24.5 Å². The van der Waals surface area contributed by atoms with E-state index in [0.29, 0.717) is 36.7 Å². The van der Waals surface area contributed by atoms with Crippen LogP contribution in [0.25, 0.3) is 10.9 Å². The molecule has 13 nitrogen and oxygen atoms in total. The van der Waals surface area contributed by atoms with Crippen molar-refractivity contribution in [3.8, 4) is 11.5 Å². The lowest BCUT2D eigenvalue weighted by atomic mass is 10.2. The normalized spacial score (nSPS) is 14.9. The fourth-order valence-corrected chi connectivity index (χ4v) is 4.24. The van der Waals surface area contributed by atoms with Gasteiger partial charge in [0.05, 0.1) is 32.5 Å². The molecule has 5 N–H and O–H groups in total. The summed E-state index contributed by atoms with van der Waals surface area (Å²) in [6.45, 7) is 6.29. The molecule has 0 bridgehead atoms. The average molecular weight is 571 g/mol. The summed E-state index contributed by atoms with van der Waals surface area (Å²) in [5, 5.41) is 4.22. The molecular formula is C23H32Cl2N8O5. The van der Waals surface area contributed by atoms with Crippen LogP contribution in [0.1, 0.15) is 16.8 Å². The van der Waals surface area contributed by atoms with Gasteiger partial charge < -0.3 is 30.7 Å². The summed E-state index contributed by atoms with van der Waals surface area (Å²) in [7, 11) is 1.58. The van der Waals surface area contributed by atoms with Crippen LogP contribution < -0.4 is 26.1 Å². The molecule has 1 saturated heterocycles. The maximum Gasteiger partial charge on any atom is 0.283 e. The quantitative estimate of drug-likeness (QED) is 0.385. The first-order chi connectivity index (χ1) is 17.1. The topological polar surface area (TPSA) is 174 Å². The number of benzene rings is 1. The third-order valence-corrected chi connectivity index (χ3v) is 6.01. The Morgan fingerprint density at radius 2 is 1.92 bits per heavy atom. The first kappa shape index (κ1) is 31.0. The highest BCUT2D eigenvalue weighted by atomic mass is 35.5. The van der Waals surface area contributed by atoms with Crippen LogP contribution in [0.15, 0.2) is 29.5 Å². The second kappa shape index (κ2) is 14.1. The number of hydrogen-bond acceptors (Lipinski definition) is 10. The maximum absolute atomic E-state index is 12.8. The van der Waals surface area contributed by atoms with Crippen LogP contribution in [0.4, 0.5) is 11.8 Å². The smallest absolute Gasteiger partial charge is 0.283 e. The number of hydrogen-bond donors (Lipinski definition) is 2. The van der Waals surface area contributed by atoms with E-state index in [1.165, 1.54) is 12.4 Å². The lowest BCUT2D eigenvalue weighted by molar-refractivity contribution is 0.0357. The maximum atomic E-state index is 12.8. The molecule has 2 aliphatic heterocycles. The van der Waals surface area contributed by atoms with Gasteiger partial charge in [-0.3, -0.25) is 14.3 Å². The lowest BCUT2D eigenvalue weighted by Crippen LogP contribution is -2.37. The third-order valence-electron chi connectivity index (χ3n) is 6.01. The van der Waals surface area contributed by atoms with Crippen LogP contribution in [-0.4, -0.2) is 88.9 Å². The van der Waals surface area contributed by atoms with Gasteiger partial charge in [-0.2, -0.15) is 4.99 Å². The molecule has 38 heavy (non-hydrogen) atoms. The van der Waals surface area contributed by atoms with Crippen molar-refractivity contribution in [3.63, 3.8) is 0 Å². The first-order valence-electron chi connectivity index (χ1n) is 11.6. The molecule has 0 atom stereocenters. The number of nitrogens with zero attached hydrogens (tertiary/aromatic N) is 6. The SMILES string of the molecule is COc1c(OCCCN2CCOCC2)ccc2c3n(c(=NC(=O)c4cnc(N)nc4)nc12)CCN3.Cl.Cl.O. The Bertz CT molecular complexity index is 1300. The van der Waals surface area contributed by atoms with Crippen molar-refractivity contribution in [1.29, 1.82) is 0 Å². The summed E-state index contributed by atoms with van der Waals surface area (Å²) in [6, 6.07) is 3.85. The highest BCUT2D eigenvalue weighted by Gasteiger charge is 2.21. The molecule has 0 unspecified atom stereocenters. The monoisotopic (exact) mass is 570 g/mol. The van der Waals surface area contributed by atoms with Gasteiger partial charge in [-0.15, -0.1) is 24.8 Å². The summed E-state index contributed by atoms with van der Waals surface area (Å²) in [4.78, 5) is 31.8. The molecule has 208 valence electrons. The van der Waals surface area contributed by atoms with Gasteiger partial charge in [0.25, 0.3) is 5.91 Å². The molecule has 3 aromatic rings. The van der Waals surface area contributed by atoms with Gasteiger partial charge in [0.15, 0.2) is 11.5 Å². The number of aromatic nitrogens is 4. The largest absolute Gasteiger partial charge is 0.491 e. The van der Waals surface area contributed by atoms with E-state index >= 15 is 0 Å². The number of rotatable bonds is 7. The second-order valence-corrected chi connectivity index (χ2v) is 8.23. The zero-order valence-corrected chi connectivity index (χ0v) is 22.5. The first-order valence-corrected chi connectivity index (χ1v) is 11.6. The van der Waals surface area contributed by atoms with Crippen LogP contribution in [0.5, 0.6) is 11.5 Å². The number of fused-ring (bicyclic) bond motifs is 3. The van der Waals surface area contributed by atoms with E-state index < -0.39 is 5.91 Å². The zero-order chi connectivity index (χ0) is 24.2. The van der Waals surface area contributed by atoms with Crippen LogP contribution in [0.2, 0.25) is 0 Å². The Kier molecular flexibility index (Phi) is 11.5. The molecule has 1 aromatic carbocycles. The summed E-state index contributed by atoms with van der Waals surface area (Å²) < 4.78 is 19.1. The minimum absolute atomic E-state index is 0. The van der Waals surface area contributed by atoms with Crippen molar-refractivity contribution in [2.45, 2.75) is 13.0 Å². The number of halogens is 2. The Balaban J connectivity index is 0.00000169. The zero-order valence-electron chi connectivity index (χ0n) is 20.9. The van der Waals surface area contributed by atoms with E-state index in [9.17, 15) is 4.79 Å². The van der Waals surface area contributed by atoms with Crippen LogP contribution in [-0.2, 0) is 11.3 Å². The number of nitrogens with two attached hydrogens (primary N) is 1. The van der Waals surface area contributed by atoms with Gasteiger partial charge in [-0.1, -0.05) is 0 Å². The Morgan fingerprint density at radius 3 is 2.63 bits per heavy atom. The van der Waals surface area contributed by atoms with Gasteiger partial charge in [0.1, 0.15) is 11.3 Å². The van der Waals surface area contributed by atoms with Gasteiger partial charge in [-0.05, 0) is 18.6 Å². The molecule has 1 amide bonds. The number of anilines is 2. The standard InChI is InChI=1S/C23H28N8O4.2ClH.H2O/c1-33-19-17(35-10-2-6-30-8-11-34-12-9-30)4-3-16-18(19)28-23(31-7-5-25-20(16)31)29-21(32)15-13-26-22(24)27-14-15;;;/h3-4,13-14,25H,2,5-12H2,1H3,(H2,24,26,27);2*1H;1H2. The molecule has 4 heterocycles. The van der Waals surface area contributed by atoms with Crippen molar-refractivity contribution in [2.24, 2.45) is 4.99 Å². The number of nitrogen functional groups attached to an aromatic ring is 1. The fraction of sp³-hybridized carbons (Fsp3) is 0.435. The van der Waals surface area contributed by atoms with Gasteiger partial charge in [0.2, 0.25) is 11.6 Å². The number of carbonyl (C=O) groups is 1. The number of nitrogens with one attached hydrogen (secondary N) is 1. The molecule has 0 spiro atoms. The Labute approximate surface area is 231 Å². The highest BCUT2D eigenvalue weighted by Crippen LogP contribution is 2.37. The molecular weight excluding hydrogens is 539 g/mol. The van der Waals surface area contributed by atoms with Gasteiger partial charge in [0, 0.05) is 50.5 Å². The van der Waals surface area contributed by atoms with E-state index in [-0.39, 0.29) is 47.4 Å². The van der Waals surface area contributed by atoms with Gasteiger partial charge in [-0.25, -0.2) is 15.0 Å². The van der Waals surface area contributed by atoms with Crippen molar-refractivity contribution in [2.75, 3.05) is 64.2 Å². The number of amides is 1. The minimum atomic E-state index is -0.507. The number of methoxy groups -OCH3 is 1.